The molecule has 0 spiro atoms. The Morgan fingerprint density at radius 1 is 1.11 bits per heavy atom. The fourth-order valence-electron chi connectivity index (χ4n) is 3.57. The Morgan fingerprint density at radius 3 is 2.71 bits per heavy atom. The lowest BCUT2D eigenvalue weighted by Gasteiger charge is -2.20. The van der Waals surface area contributed by atoms with Crippen molar-refractivity contribution in [3.8, 4) is 0 Å². The molecule has 1 aromatic heterocycles. The summed E-state index contributed by atoms with van der Waals surface area (Å²) in [6.07, 6.45) is 0.160. The molecule has 4 rings (SSSR count). The van der Waals surface area contributed by atoms with Crippen LogP contribution in [0.3, 0.4) is 0 Å². The highest BCUT2D eigenvalue weighted by atomic mass is 19.1. The number of rotatable bonds is 4. The van der Waals surface area contributed by atoms with Gasteiger partial charge in [-0.25, -0.2) is 4.39 Å². The van der Waals surface area contributed by atoms with Crippen LogP contribution in [0, 0.1) is 5.82 Å². The van der Waals surface area contributed by atoms with E-state index in [0.717, 1.165) is 17.7 Å². The largest absolute Gasteiger partial charge is 0.382 e. The summed E-state index contributed by atoms with van der Waals surface area (Å²) in [5.41, 5.74) is 2.94. The minimum Gasteiger partial charge on any atom is -0.382 e. The molecule has 1 aliphatic heterocycles. The topological polar surface area (TPSA) is 58.4 Å². The molecule has 1 atom stereocenters. The molecule has 0 saturated carbocycles. The normalized spacial score (nSPS) is 15.0. The fraction of sp³-hybridized carbons (Fsp3) is 0.273. The minimum absolute atomic E-state index is 0.0367. The summed E-state index contributed by atoms with van der Waals surface area (Å²) in [7, 11) is 0. The molecule has 0 saturated heterocycles. The molecule has 144 valence electrons. The van der Waals surface area contributed by atoms with Gasteiger partial charge in [0.05, 0.1) is 24.4 Å². The van der Waals surface area contributed by atoms with E-state index in [1.165, 1.54) is 12.1 Å². The number of aryl methyl sites for hydroxylation is 1. The number of benzene rings is 2. The van der Waals surface area contributed by atoms with Crippen LogP contribution in [-0.2, 0) is 24.3 Å². The van der Waals surface area contributed by atoms with Crippen molar-refractivity contribution in [3.05, 3.63) is 89.0 Å². The van der Waals surface area contributed by atoms with Gasteiger partial charge in [-0.15, -0.1) is 0 Å². The third-order valence-corrected chi connectivity index (χ3v) is 5.03. The van der Waals surface area contributed by atoms with Gasteiger partial charge in [-0.05, 0) is 35.7 Å². The predicted molar refractivity (Wildman–Crippen MR) is 103 cm³/mol. The van der Waals surface area contributed by atoms with Crippen molar-refractivity contribution in [2.45, 2.75) is 32.0 Å². The van der Waals surface area contributed by atoms with E-state index in [9.17, 15) is 14.3 Å². The van der Waals surface area contributed by atoms with Crippen LogP contribution in [-0.4, -0.2) is 32.2 Å². The molecule has 3 aromatic rings. The standard InChI is InChI=1S/C22H22FN3O2/c23-18-9-4-6-16(12-18)13-21(27)25-10-5-11-26-19(15-25)14-20(24-26)22(28)17-7-2-1-3-8-17/h1-4,6-9,12,14,22,28H,5,10-11,13,15H2/t22-/m1/s1. The molecule has 2 aromatic carbocycles. The third-order valence-electron chi connectivity index (χ3n) is 5.03. The molecule has 28 heavy (non-hydrogen) atoms. The van der Waals surface area contributed by atoms with Gasteiger partial charge in [-0.3, -0.25) is 9.48 Å². The molecule has 0 unspecified atom stereocenters. The van der Waals surface area contributed by atoms with Crippen molar-refractivity contribution in [2.75, 3.05) is 6.54 Å². The molecule has 6 heteroatoms. The number of carbonyl (C=O) groups excluding carboxylic acids is 1. The summed E-state index contributed by atoms with van der Waals surface area (Å²) in [6, 6.07) is 17.4. The van der Waals surface area contributed by atoms with Gasteiger partial charge in [0.1, 0.15) is 11.9 Å². The van der Waals surface area contributed by atoms with E-state index in [2.05, 4.69) is 5.10 Å². The number of hydrogen-bond acceptors (Lipinski definition) is 3. The summed E-state index contributed by atoms with van der Waals surface area (Å²) < 4.78 is 15.3. The Morgan fingerprint density at radius 2 is 1.93 bits per heavy atom. The highest BCUT2D eigenvalue weighted by molar-refractivity contribution is 5.78. The summed E-state index contributed by atoms with van der Waals surface area (Å²) in [4.78, 5) is 14.5. The number of amides is 1. The second-order valence-electron chi connectivity index (χ2n) is 7.07. The smallest absolute Gasteiger partial charge is 0.227 e. The maximum Gasteiger partial charge on any atom is 0.227 e. The molecule has 1 amide bonds. The first-order valence-corrected chi connectivity index (χ1v) is 9.42. The highest BCUT2D eigenvalue weighted by Crippen LogP contribution is 2.23. The Bertz CT molecular complexity index is 971. The third kappa shape index (κ3) is 3.97. The van der Waals surface area contributed by atoms with Crippen LogP contribution in [0.4, 0.5) is 4.39 Å². The number of hydrogen-bond donors (Lipinski definition) is 1. The van der Waals surface area contributed by atoms with Crippen molar-refractivity contribution in [1.29, 1.82) is 0 Å². The van der Waals surface area contributed by atoms with Crippen molar-refractivity contribution in [1.82, 2.24) is 14.7 Å². The van der Waals surface area contributed by atoms with Gasteiger partial charge in [0.15, 0.2) is 0 Å². The highest BCUT2D eigenvalue weighted by Gasteiger charge is 2.23. The van der Waals surface area contributed by atoms with E-state index < -0.39 is 6.10 Å². The van der Waals surface area contributed by atoms with E-state index in [1.807, 2.05) is 41.1 Å². The van der Waals surface area contributed by atoms with Crippen LogP contribution in [0.2, 0.25) is 0 Å². The summed E-state index contributed by atoms with van der Waals surface area (Å²) >= 11 is 0. The van der Waals surface area contributed by atoms with E-state index >= 15 is 0 Å². The van der Waals surface area contributed by atoms with E-state index in [-0.39, 0.29) is 18.1 Å². The van der Waals surface area contributed by atoms with Gasteiger partial charge in [-0.2, -0.15) is 5.10 Å². The minimum atomic E-state index is -0.794. The number of aromatic nitrogens is 2. The zero-order valence-electron chi connectivity index (χ0n) is 15.5. The number of halogens is 1. The number of aliphatic hydroxyl groups excluding tert-OH is 1. The van der Waals surface area contributed by atoms with Gasteiger partial charge < -0.3 is 10.0 Å². The van der Waals surface area contributed by atoms with Crippen LogP contribution < -0.4 is 0 Å². The summed E-state index contributed by atoms with van der Waals surface area (Å²) in [5, 5.41) is 15.2. The Kier molecular flexibility index (Phi) is 5.21. The maximum absolute atomic E-state index is 13.4. The monoisotopic (exact) mass is 379 g/mol. The maximum atomic E-state index is 13.4. The molecule has 0 fully saturated rings. The van der Waals surface area contributed by atoms with Crippen LogP contribution >= 0.6 is 0 Å². The van der Waals surface area contributed by atoms with Crippen LogP contribution in [0.1, 0.15) is 35.0 Å². The summed E-state index contributed by atoms with van der Waals surface area (Å²) in [6.45, 7) is 1.76. The van der Waals surface area contributed by atoms with Crippen LogP contribution in [0.25, 0.3) is 0 Å². The average molecular weight is 379 g/mol. The molecular formula is C22H22FN3O2. The van der Waals surface area contributed by atoms with E-state index in [4.69, 9.17) is 0 Å². The molecule has 5 nitrogen and oxygen atoms in total. The van der Waals surface area contributed by atoms with Gasteiger partial charge in [0, 0.05) is 13.1 Å². The quantitative estimate of drug-likeness (QED) is 0.758. The lowest BCUT2D eigenvalue weighted by Crippen LogP contribution is -2.32. The van der Waals surface area contributed by atoms with E-state index in [1.54, 1.807) is 17.0 Å². The number of carbonyl (C=O) groups is 1. The van der Waals surface area contributed by atoms with Crippen LogP contribution in [0.15, 0.2) is 60.7 Å². The zero-order valence-corrected chi connectivity index (χ0v) is 15.5. The molecule has 0 bridgehead atoms. The second kappa shape index (κ2) is 7.94. The lowest BCUT2D eigenvalue weighted by atomic mass is 10.1. The molecule has 0 radical (unpaired) electrons. The first kappa shape index (κ1) is 18.4. The van der Waals surface area contributed by atoms with Crippen LogP contribution in [0.5, 0.6) is 0 Å². The lowest BCUT2D eigenvalue weighted by molar-refractivity contribution is -0.131. The van der Waals surface area contributed by atoms with Crippen molar-refractivity contribution in [3.63, 3.8) is 0 Å². The van der Waals surface area contributed by atoms with Crippen molar-refractivity contribution >= 4 is 5.91 Å². The Hall–Kier alpha value is -2.99. The second-order valence-corrected chi connectivity index (χ2v) is 7.07. The van der Waals surface area contributed by atoms with Gasteiger partial charge in [-0.1, -0.05) is 42.5 Å². The molecule has 2 heterocycles. The van der Waals surface area contributed by atoms with E-state index in [0.29, 0.717) is 30.9 Å². The van der Waals surface area contributed by atoms with Gasteiger partial charge in [0.2, 0.25) is 5.91 Å². The predicted octanol–water partition coefficient (Wildman–Crippen LogP) is 3.08. The fourth-order valence-corrected chi connectivity index (χ4v) is 3.57. The average Bonchev–Trinajstić information content (AvgIpc) is 2.99. The number of fused-ring (bicyclic) bond motifs is 1. The van der Waals surface area contributed by atoms with Crippen molar-refractivity contribution < 1.29 is 14.3 Å². The Balaban J connectivity index is 1.50. The first-order chi connectivity index (χ1) is 13.6. The SMILES string of the molecule is O=C(Cc1cccc(F)c1)N1CCCn2nc([C@H](O)c3ccccc3)cc2C1. The number of aliphatic hydroxyl groups is 1. The molecule has 0 aliphatic carbocycles. The van der Waals surface area contributed by atoms with Gasteiger partial charge >= 0.3 is 0 Å². The molecule has 1 N–H and O–H groups in total. The summed E-state index contributed by atoms with van der Waals surface area (Å²) in [5.74, 6) is -0.371. The Labute approximate surface area is 163 Å². The zero-order chi connectivity index (χ0) is 19.5. The molecular weight excluding hydrogens is 357 g/mol. The number of nitrogens with zero attached hydrogens (tertiary/aromatic N) is 3. The van der Waals surface area contributed by atoms with Crippen molar-refractivity contribution in [2.24, 2.45) is 0 Å². The van der Waals surface area contributed by atoms with Gasteiger partial charge in [0.25, 0.3) is 0 Å². The first-order valence-electron chi connectivity index (χ1n) is 9.42. The molecule has 1 aliphatic rings.